The van der Waals surface area contributed by atoms with E-state index in [0.717, 1.165) is 9.99 Å². The van der Waals surface area contributed by atoms with Crippen LogP contribution in [0.2, 0.25) is 0 Å². The average Bonchev–Trinajstić information content (AvgIpc) is 2.36. The third kappa shape index (κ3) is 1.48. The van der Waals surface area contributed by atoms with Gasteiger partial charge < -0.3 is 4.57 Å². The van der Waals surface area contributed by atoms with Crippen LogP contribution in [0.3, 0.4) is 0 Å². The number of halogens is 1. The minimum absolute atomic E-state index is 0.0301. The zero-order valence-electron chi connectivity index (χ0n) is 9.14. The average molecular weight is 289 g/mol. The van der Waals surface area contributed by atoms with Gasteiger partial charge in [-0.3, -0.25) is 4.79 Å². The van der Waals surface area contributed by atoms with Crippen molar-refractivity contribution in [3.8, 4) is 0 Å². The second-order valence-corrected chi connectivity index (χ2v) is 4.84. The standard InChI is InChI=1S/C13H9BrN2O/c1-16-11-5-4-8(14)7-10(11)12(17)9-3-2-6-15-13(9)16/h2-7H,1H3. The summed E-state index contributed by atoms with van der Waals surface area (Å²) in [4.78, 5) is 16.6. The van der Waals surface area contributed by atoms with Gasteiger partial charge in [0.25, 0.3) is 0 Å². The summed E-state index contributed by atoms with van der Waals surface area (Å²) in [6, 6.07) is 9.30. The summed E-state index contributed by atoms with van der Waals surface area (Å²) in [6.07, 6.45) is 1.70. The number of fused-ring (bicyclic) bond motifs is 2. The first-order valence-corrected chi connectivity index (χ1v) is 6.01. The van der Waals surface area contributed by atoms with Crippen LogP contribution in [0.15, 0.2) is 45.8 Å². The van der Waals surface area contributed by atoms with E-state index in [4.69, 9.17) is 0 Å². The van der Waals surface area contributed by atoms with Gasteiger partial charge in [0.15, 0.2) is 5.43 Å². The summed E-state index contributed by atoms with van der Waals surface area (Å²) in [7, 11) is 1.92. The van der Waals surface area contributed by atoms with E-state index in [1.165, 1.54) is 0 Å². The van der Waals surface area contributed by atoms with Crippen LogP contribution < -0.4 is 5.43 Å². The summed E-state index contributed by atoms with van der Waals surface area (Å²) in [5.74, 6) is 0. The Hall–Kier alpha value is -1.68. The second-order valence-electron chi connectivity index (χ2n) is 3.92. The van der Waals surface area contributed by atoms with Crippen molar-refractivity contribution in [2.75, 3.05) is 0 Å². The molecule has 2 heterocycles. The van der Waals surface area contributed by atoms with Gasteiger partial charge in [-0.05, 0) is 30.3 Å². The zero-order chi connectivity index (χ0) is 12.0. The van der Waals surface area contributed by atoms with Gasteiger partial charge in [-0.2, -0.15) is 0 Å². The Bertz CT molecular complexity index is 792. The lowest BCUT2D eigenvalue weighted by molar-refractivity contribution is 0.976. The van der Waals surface area contributed by atoms with Crippen LogP contribution in [0.25, 0.3) is 21.9 Å². The van der Waals surface area contributed by atoms with Gasteiger partial charge in [0.05, 0.1) is 10.9 Å². The van der Waals surface area contributed by atoms with Crippen LogP contribution in [-0.4, -0.2) is 9.55 Å². The highest BCUT2D eigenvalue weighted by Crippen LogP contribution is 2.20. The zero-order valence-corrected chi connectivity index (χ0v) is 10.7. The monoisotopic (exact) mass is 288 g/mol. The molecule has 3 rings (SSSR count). The molecule has 84 valence electrons. The lowest BCUT2D eigenvalue weighted by Gasteiger charge is -2.09. The van der Waals surface area contributed by atoms with Gasteiger partial charge in [0.2, 0.25) is 0 Å². The Kier molecular flexibility index (Phi) is 2.26. The Morgan fingerprint density at radius 2 is 2.06 bits per heavy atom. The molecule has 0 amide bonds. The molecule has 0 aliphatic heterocycles. The first-order valence-electron chi connectivity index (χ1n) is 5.21. The first-order chi connectivity index (χ1) is 8.18. The highest BCUT2D eigenvalue weighted by Gasteiger charge is 2.08. The maximum Gasteiger partial charge on any atom is 0.198 e. The summed E-state index contributed by atoms with van der Waals surface area (Å²) in [5.41, 5.74) is 1.64. The summed E-state index contributed by atoms with van der Waals surface area (Å²) < 4.78 is 2.85. The van der Waals surface area contributed by atoms with Crippen LogP contribution in [0, 0.1) is 0 Å². The van der Waals surface area contributed by atoms with Gasteiger partial charge in [-0.25, -0.2) is 4.98 Å². The molecular weight excluding hydrogens is 280 g/mol. The number of aromatic nitrogens is 2. The molecule has 0 aliphatic rings. The van der Waals surface area contributed by atoms with Crippen molar-refractivity contribution in [1.82, 2.24) is 9.55 Å². The Labute approximate surface area is 106 Å². The molecule has 2 aromatic heterocycles. The lowest BCUT2D eigenvalue weighted by atomic mass is 10.1. The van der Waals surface area contributed by atoms with Crippen LogP contribution in [-0.2, 0) is 7.05 Å². The molecule has 3 aromatic rings. The smallest absolute Gasteiger partial charge is 0.198 e. The largest absolute Gasteiger partial charge is 0.328 e. The summed E-state index contributed by atoms with van der Waals surface area (Å²) in [5, 5.41) is 1.36. The second kappa shape index (κ2) is 3.67. The molecule has 0 unspecified atom stereocenters. The fourth-order valence-corrected chi connectivity index (χ4v) is 2.44. The lowest BCUT2D eigenvalue weighted by Crippen LogP contribution is -2.09. The van der Waals surface area contributed by atoms with Crippen molar-refractivity contribution in [2.45, 2.75) is 0 Å². The molecule has 0 aliphatic carbocycles. The molecule has 0 fully saturated rings. The van der Waals surface area contributed by atoms with Gasteiger partial charge in [0, 0.05) is 23.1 Å². The van der Waals surface area contributed by atoms with Gasteiger partial charge in [0.1, 0.15) is 5.65 Å². The van der Waals surface area contributed by atoms with Crippen LogP contribution in [0.1, 0.15) is 0 Å². The highest BCUT2D eigenvalue weighted by molar-refractivity contribution is 9.10. The molecule has 17 heavy (non-hydrogen) atoms. The number of hydrogen-bond donors (Lipinski definition) is 0. The van der Waals surface area contributed by atoms with Crippen molar-refractivity contribution in [3.63, 3.8) is 0 Å². The molecular formula is C13H9BrN2O. The first kappa shape index (κ1) is 10.5. The fourth-order valence-electron chi connectivity index (χ4n) is 2.08. The van der Waals surface area contributed by atoms with E-state index < -0.39 is 0 Å². The molecule has 0 saturated carbocycles. The molecule has 0 radical (unpaired) electrons. The van der Waals surface area contributed by atoms with Crippen molar-refractivity contribution < 1.29 is 0 Å². The van der Waals surface area contributed by atoms with Crippen molar-refractivity contribution in [1.29, 1.82) is 0 Å². The van der Waals surface area contributed by atoms with E-state index in [1.807, 2.05) is 35.9 Å². The molecule has 4 heteroatoms. The van der Waals surface area contributed by atoms with E-state index >= 15 is 0 Å². The van der Waals surface area contributed by atoms with Crippen molar-refractivity contribution >= 4 is 37.9 Å². The predicted molar refractivity (Wildman–Crippen MR) is 72.2 cm³/mol. The molecule has 1 aromatic carbocycles. The normalized spacial score (nSPS) is 11.2. The highest BCUT2D eigenvalue weighted by atomic mass is 79.9. The number of hydrogen-bond acceptors (Lipinski definition) is 2. The van der Waals surface area contributed by atoms with E-state index in [0.29, 0.717) is 16.4 Å². The van der Waals surface area contributed by atoms with E-state index in [1.54, 1.807) is 12.3 Å². The summed E-state index contributed by atoms with van der Waals surface area (Å²) >= 11 is 3.39. The van der Waals surface area contributed by atoms with E-state index in [-0.39, 0.29) is 5.43 Å². The van der Waals surface area contributed by atoms with Gasteiger partial charge in [-0.1, -0.05) is 15.9 Å². The number of rotatable bonds is 0. The number of pyridine rings is 2. The molecule has 3 nitrogen and oxygen atoms in total. The van der Waals surface area contributed by atoms with Crippen LogP contribution in [0.4, 0.5) is 0 Å². The predicted octanol–water partition coefficient (Wildman–Crippen LogP) is 2.85. The Morgan fingerprint density at radius 3 is 2.88 bits per heavy atom. The van der Waals surface area contributed by atoms with Crippen molar-refractivity contribution in [3.05, 3.63) is 51.2 Å². The molecule has 0 bridgehead atoms. The quantitative estimate of drug-likeness (QED) is 0.596. The minimum Gasteiger partial charge on any atom is -0.328 e. The molecule has 0 saturated heterocycles. The molecule has 0 N–H and O–H groups in total. The minimum atomic E-state index is 0.0301. The number of aryl methyl sites for hydroxylation is 1. The number of benzene rings is 1. The summed E-state index contributed by atoms with van der Waals surface area (Å²) in [6.45, 7) is 0. The SMILES string of the molecule is Cn1c2ccc(Br)cc2c(=O)c2cccnc21. The maximum atomic E-state index is 12.3. The maximum absolute atomic E-state index is 12.3. The third-order valence-corrected chi connectivity index (χ3v) is 3.41. The Balaban J connectivity index is 2.68. The fraction of sp³-hybridized carbons (Fsp3) is 0.0769. The third-order valence-electron chi connectivity index (χ3n) is 2.91. The molecule has 0 spiro atoms. The van der Waals surface area contributed by atoms with Crippen LogP contribution >= 0.6 is 15.9 Å². The topological polar surface area (TPSA) is 34.9 Å². The number of nitrogens with zero attached hydrogens (tertiary/aromatic N) is 2. The van der Waals surface area contributed by atoms with Gasteiger partial charge >= 0.3 is 0 Å². The van der Waals surface area contributed by atoms with E-state index in [9.17, 15) is 4.79 Å². The Morgan fingerprint density at radius 1 is 1.24 bits per heavy atom. The van der Waals surface area contributed by atoms with E-state index in [2.05, 4.69) is 20.9 Å². The van der Waals surface area contributed by atoms with Gasteiger partial charge in [-0.15, -0.1) is 0 Å². The molecule has 0 atom stereocenters. The van der Waals surface area contributed by atoms with Crippen molar-refractivity contribution in [2.24, 2.45) is 7.05 Å². The van der Waals surface area contributed by atoms with Crippen LogP contribution in [0.5, 0.6) is 0 Å².